The standard InChI is InChI=1S/C32H28Cl2/c1-2-23-18-19-25(21-29-30(23)32(34)28-16-10-9-15-27(28)31(29)33)26(24-13-7-4-8-14-24)20-17-22-11-5-3-6-12-22/h3-16,19,21,26H,2,17-18,20H2,1H3. The molecule has 170 valence electrons. The zero-order valence-corrected chi connectivity index (χ0v) is 20.9. The Morgan fingerprint density at radius 2 is 1.38 bits per heavy atom. The molecule has 0 aromatic heterocycles. The van der Waals surface area contributed by atoms with E-state index < -0.39 is 0 Å². The summed E-state index contributed by atoms with van der Waals surface area (Å²) < 4.78 is 0. The molecule has 0 radical (unpaired) electrons. The Morgan fingerprint density at radius 3 is 2.06 bits per heavy atom. The van der Waals surface area contributed by atoms with Crippen molar-refractivity contribution >= 4 is 45.6 Å². The van der Waals surface area contributed by atoms with Gasteiger partial charge < -0.3 is 0 Å². The number of halogens is 2. The highest BCUT2D eigenvalue weighted by atomic mass is 35.5. The summed E-state index contributed by atoms with van der Waals surface area (Å²) in [7, 11) is 0. The molecule has 5 rings (SSSR count). The second kappa shape index (κ2) is 10.2. The maximum Gasteiger partial charge on any atom is 0.0563 e. The highest BCUT2D eigenvalue weighted by Gasteiger charge is 2.19. The zero-order valence-electron chi connectivity index (χ0n) is 19.4. The third-order valence-electron chi connectivity index (χ3n) is 6.97. The lowest BCUT2D eigenvalue weighted by molar-refractivity contribution is 0.718. The monoisotopic (exact) mass is 482 g/mol. The second-order valence-electron chi connectivity index (χ2n) is 8.96. The number of allylic oxidation sites excluding steroid dienone is 2. The van der Waals surface area contributed by atoms with E-state index in [1.54, 1.807) is 0 Å². The summed E-state index contributed by atoms with van der Waals surface area (Å²) in [6.07, 6.45) is 8.60. The molecule has 0 bridgehead atoms. The van der Waals surface area contributed by atoms with Crippen molar-refractivity contribution in [3.63, 3.8) is 0 Å². The first-order valence-electron chi connectivity index (χ1n) is 12.1. The molecular weight excluding hydrogens is 455 g/mol. The first-order valence-corrected chi connectivity index (χ1v) is 12.8. The lowest BCUT2D eigenvalue weighted by Crippen LogP contribution is -2.29. The predicted molar refractivity (Wildman–Crippen MR) is 148 cm³/mol. The molecule has 4 aromatic carbocycles. The van der Waals surface area contributed by atoms with E-state index >= 15 is 0 Å². The summed E-state index contributed by atoms with van der Waals surface area (Å²) in [6, 6.07) is 29.8. The first-order chi connectivity index (χ1) is 16.7. The van der Waals surface area contributed by atoms with E-state index in [-0.39, 0.29) is 5.92 Å². The zero-order chi connectivity index (χ0) is 23.5. The van der Waals surface area contributed by atoms with Crippen molar-refractivity contribution in [1.29, 1.82) is 0 Å². The number of hydrogen-bond donors (Lipinski definition) is 0. The fraction of sp³-hybridized carbons (Fsp3) is 0.188. The van der Waals surface area contributed by atoms with E-state index in [9.17, 15) is 0 Å². The summed E-state index contributed by atoms with van der Waals surface area (Å²) in [5.41, 5.74) is 5.37. The summed E-state index contributed by atoms with van der Waals surface area (Å²) in [4.78, 5) is 0. The van der Waals surface area contributed by atoms with E-state index in [0.717, 1.165) is 56.9 Å². The lowest BCUT2D eigenvalue weighted by atomic mass is 9.85. The van der Waals surface area contributed by atoms with Crippen LogP contribution < -0.4 is 10.4 Å². The van der Waals surface area contributed by atoms with Crippen molar-refractivity contribution in [2.45, 2.75) is 38.5 Å². The minimum Gasteiger partial charge on any atom is -0.0830 e. The lowest BCUT2D eigenvalue weighted by Gasteiger charge is -2.19. The predicted octanol–water partition coefficient (Wildman–Crippen LogP) is 8.23. The van der Waals surface area contributed by atoms with Crippen LogP contribution >= 0.6 is 23.2 Å². The summed E-state index contributed by atoms with van der Waals surface area (Å²) >= 11 is 14.1. The van der Waals surface area contributed by atoms with E-state index in [2.05, 4.69) is 91.9 Å². The fourth-order valence-electron chi connectivity index (χ4n) is 5.15. The number of aryl methyl sites for hydroxylation is 1. The molecule has 1 atom stereocenters. The molecule has 0 amide bonds. The highest BCUT2D eigenvalue weighted by Crippen LogP contribution is 2.33. The van der Waals surface area contributed by atoms with Crippen molar-refractivity contribution in [3.8, 4) is 0 Å². The third-order valence-corrected chi connectivity index (χ3v) is 7.77. The van der Waals surface area contributed by atoms with Crippen LogP contribution in [0.5, 0.6) is 0 Å². The average molecular weight is 483 g/mol. The van der Waals surface area contributed by atoms with Crippen molar-refractivity contribution < 1.29 is 0 Å². The largest absolute Gasteiger partial charge is 0.0830 e. The molecule has 0 heterocycles. The normalized spacial score (nSPS) is 14.2. The van der Waals surface area contributed by atoms with Crippen LogP contribution in [0.3, 0.4) is 0 Å². The van der Waals surface area contributed by atoms with Gasteiger partial charge in [-0.05, 0) is 48.5 Å². The van der Waals surface area contributed by atoms with Crippen LogP contribution in [0.2, 0.25) is 10.0 Å². The molecule has 1 unspecified atom stereocenters. The topological polar surface area (TPSA) is 0 Å². The van der Waals surface area contributed by atoms with Crippen LogP contribution in [0.25, 0.3) is 22.4 Å². The number of rotatable bonds is 6. The molecule has 0 spiro atoms. The summed E-state index contributed by atoms with van der Waals surface area (Å²) in [6.45, 7) is 2.21. The van der Waals surface area contributed by atoms with Crippen LogP contribution in [-0.4, -0.2) is 0 Å². The van der Waals surface area contributed by atoms with Gasteiger partial charge in [-0.3, -0.25) is 0 Å². The van der Waals surface area contributed by atoms with E-state index in [1.165, 1.54) is 22.3 Å². The smallest absolute Gasteiger partial charge is 0.0563 e. The Bertz CT molecular complexity index is 1460. The Balaban J connectivity index is 1.68. The van der Waals surface area contributed by atoms with Crippen LogP contribution in [0.1, 0.15) is 43.2 Å². The van der Waals surface area contributed by atoms with Gasteiger partial charge in [-0.15, -0.1) is 0 Å². The van der Waals surface area contributed by atoms with Crippen molar-refractivity contribution in [1.82, 2.24) is 0 Å². The van der Waals surface area contributed by atoms with Gasteiger partial charge in [-0.25, -0.2) is 0 Å². The van der Waals surface area contributed by atoms with E-state index in [0.29, 0.717) is 0 Å². The SMILES string of the molecule is CCC1=c2c(Cl)c3ccccc3c(Cl)c2=CC(C(CCc2ccccc2)c2ccccc2)=CC1. The Morgan fingerprint density at radius 1 is 0.765 bits per heavy atom. The molecule has 0 fully saturated rings. The summed E-state index contributed by atoms with van der Waals surface area (Å²) in [5, 5.41) is 5.84. The fourth-order valence-corrected chi connectivity index (χ4v) is 5.87. The van der Waals surface area contributed by atoms with Crippen LogP contribution in [0, 0.1) is 0 Å². The summed E-state index contributed by atoms with van der Waals surface area (Å²) in [5.74, 6) is 0.284. The van der Waals surface area contributed by atoms with Crippen LogP contribution in [0.4, 0.5) is 0 Å². The van der Waals surface area contributed by atoms with Gasteiger partial charge in [0.2, 0.25) is 0 Å². The molecule has 1 aliphatic carbocycles. The van der Waals surface area contributed by atoms with Crippen LogP contribution in [0.15, 0.2) is 96.6 Å². The second-order valence-corrected chi connectivity index (χ2v) is 9.72. The first kappa shape index (κ1) is 23.0. The highest BCUT2D eigenvalue weighted by molar-refractivity contribution is 6.40. The number of fused-ring (bicyclic) bond motifs is 2. The molecule has 2 heteroatoms. The van der Waals surface area contributed by atoms with E-state index in [4.69, 9.17) is 23.2 Å². The molecule has 1 aliphatic rings. The Labute approximate surface area is 211 Å². The maximum absolute atomic E-state index is 7.08. The third kappa shape index (κ3) is 4.45. The quantitative estimate of drug-likeness (QED) is 0.259. The van der Waals surface area contributed by atoms with Gasteiger partial charge >= 0.3 is 0 Å². The van der Waals surface area contributed by atoms with Crippen LogP contribution in [-0.2, 0) is 6.42 Å². The van der Waals surface area contributed by atoms with Gasteiger partial charge in [-0.2, -0.15) is 0 Å². The molecule has 0 nitrogen and oxygen atoms in total. The van der Waals surface area contributed by atoms with Gasteiger partial charge in [0.05, 0.1) is 10.0 Å². The number of benzene rings is 4. The van der Waals surface area contributed by atoms with Crippen molar-refractivity contribution in [3.05, 3.63) is 128 Å². The molecule has 0 N–H and O–H groups in total. The van der Waals surface area contributed by atoms with Gasteiger partial charge in [0.15, 0.2) is 0 Å². The van der Waals surface area contributed by atoms with E-state index in [1.807, 2.05) is 12.1 Å². The minimum atomic E-state index is 0.284. The molecule has 4 aromatic rings. The molecule has 0 saturated carbocycles. The Hall–Kier alpha value is -2.80. The molecular formula is C32H28Cl2. The molecule has 34 heavy (non-hydrogen) atoms. The van der Waals surface area contributed by atoms with Crippen molar-refractivity contribution in [2.75, 3.05) is 0 Å². The average Bonchev–Trinajstić information content (AvgIpc) is 3.09. The van der Waals surface area contributed by atoms with Gasteiger partial charge in [0.25, 0.3) is 0 Å². The minimum absolute atomic E-state index is 0.284. The van der Waals surface area contributed by atoms with Gasteiger partial charge in [-0.1, -0.05) is 127 Å². The molecule has 0 aliphatic heterocycles. The maximum atomic E-state index is 7.08. The number of hydrogen-bond acceptors (Lipinski definition) is 0. The molecule has 0 saturated heterocycles. The van der Waals surface area contributed by atoms with Gasteiger partial charge in [0.1, 0.15) is 0 Å². The van der Waals surface area contributed by atoms with Crippen molar-refractivity contribution in [2.24, 2.45) is 0 Å². The Kier molecular flexibility index (Phi) is 6.90. The van der Waals surface area contributed by atoms with Gasteiger partial charge in [0, 0.05) is 27.1 Å².